The van der Waals surface area contributed by atoms with E-state index in [1.54, 1.807) is 0 Å². The van der Waals surface area contributed by atoms with Gasteiger partial charge >= 0.3 is 0 Å². The first-order chi connectivity index (χ1) is 13.8. The molecule has 2 rings (SSSR count). The number of rotatable bonds is 10. The summed E-state index contributed by atoms with van der Waals surface area (Å²) in [5.41, 5.74) is 1.12. The van der Waals surface area contributed by atoms with Gasteiger partial charge in [-0.2, -0.15) is 0 Å². The first kappa shape index (κ1) is 22.5. The molecule has 1 aromatic heterocycles. The predicted molar refractivity (Wildman–Crippen MR) is 118 cm³/mol. The van der Waals surface area contributed by atoms with Gasteiger partial charge in [0.25, 0.3) is 0 Å². The van der Waals surface area contributed by atoms with Crippen molar-refractivity contribution in [2.75, 3.05) is 37.7 Å². The lowest BCUT2D eigenvalue weighted by Crippen LogP contribution is -2.40. The minimum atomic E-state index is 0.245. The van der Waals surface area contributed by atoms with E-state index in [9.17, 15) is 5.11 Å². The van der Waals surface area contributed by atoms with Gasteiger partial charge in [0.2, 0.25) is 0 Å². The molecule has 0 bridgehead atoms. The summed E-state index contributed by atoms with van der Waals surface area (Å²) in [7, 11) is 0. The van der Waals surface area contributed by atoms with Crippen LogP contribution in [-0.2, 0) is 6.54 Å². The average molecular weight is 390 g/mol. The van der Waals surface area contributed by atoms with Crippen molar-refractivity contribution in [2.45, 2.75) is 65.3 Å². The van der Waals surface area contributed by atoms with E-state index >= 15 is 0 Å². The number of aliphatic imine (C=N–C) groups is 1. The van der Waals surface area contributed by atoms with Crippen molar-refractivity contribution in [3.63, 3.8) is 0 Å². The van der Waals surface area contributed by atoms with Gasteiger partial charge in [0.05, 0.1) is 6.54 Å². The lowest BCUT2D eigenvalue weighted by atomic mass is 10.0. The Morgan fingerprint density at radius 3 is 2.54 bits per heavy atom. The van der Waals surface area contributed by atoms with Gasteiger partial charge in [-0.3, -0.25) is 0 Å². The molecule has 1 atom stereocenters. The summed E-state index contributed by atoms with van der Waals surface area (Å²) < 4.78 is 0. The summed E-state index contributed by atoms with van der Waals surface area (Å²) in [6, 6.07) is 4.28. The Morgan fingerprint density at radius 1 is 1.14 bits per heavy atom. The smallest absolute Gasteiger partial charge is 0.191 e. The number of nitrogens with one attached hydrogen (secondary N) is 2. The summed E-state index contributed by atoms with van der Waals surface area (Å²) in [6.45, 7) is 9.02. The number of hydrogen-bond donors (Lipinski definition) is 3. The van der Waals surface area contributed by atoms with Crippen molar-refractivity contribution in [2.24, 2.45) is 10.9 Å². The van der Waals surface area contributed by atoms with Crippen LogP contribution < -0.4 is 15.5 Å². The number of anilines is 1. The van der Waals surface area contributed by atoms with E-state index in [1.165, 1.54) is 25.7 Å². The van der Waals surface area contributed by atoms with Crippen LogP contribution >= 0.6 is 0 Å². The number of hydrogen-bond acceptors (Lipinski definition) is 4. The summed E-state index contributed by atoms with van der Waals surface area (Å²) in [5.74, 6) is 2.40. The lowest BCUT2D eigenvalue weighted by molar-refractivity contribution is 0.251. The molecule has 6 nitrogen and oxygen atoms in total. The van der Waals surface area contributed by atoms with Crippen LogP contribution in [-0.4, -0.2) is 48.8 Å². The predicted octanol–water partition coefficient (Wildman–Crippen LogP) is 3.32. The summed E-state index contributed by atoms with van der Waals surface area (Å²) in [4.78, 5) is 11.8. The molecular formula is C22H39N5O. The van der Waals surface area contributed by atoms with Crippen molar-refractivity contribution in [1.29, 1.82) is 0 Å². The van der Waals surface area contributed by atoms with Gasteiger partial charge in [-0.1, -0.05) is 32.3 Å². The molecule has 2 heterocycles. The number of aliphatic hydroxyl groups excluding tert-OH is 1. The highest BCUT2D eigenvalue weighted by Gasteiger charge is 2.11. The van der Waals surface area contributed by atoms with Crippen LogP contribution in [0.2, 0.25) is 0 Å². The molecule has 6 heteroatoms. The fourth-order valence-corrected chi connectivity index (χ4v) is 3.69. The molecular weight excluding hydrogens is 350 g/mol. The molecule has 1 aromatic rings. The molecule has 1 aliphatic heterocycles. The number of aliphatic hydroxyl groups is 1. The Kier molecular flexibility index (Phi) is 10.7. The highest BCUT2D eigenvalue weighted by atomic mass is 16.3. The Bertz CT molecular complexity index is 547. The molecule has 1 fully saturated rings. The second kappa shape index (κ2) is 13.4. The molecule has 0 radical (unpaired) electrons. The molecule has 0 amide bonds. The highest BCUT2D eigenvalue weighted by molar-refractivity contribution is 5.79. The minimum Gasteiger partial charge on any atom is -0.396 e. The molecule has 3 N–H and O–H groups in total. The molecule has 0 spiro atoms. The summed E-state index contributed by atoms with van der Waals surface area (Å²) in [5, 5.41) is 16.0. The van der Waals surface area contributed by atoms with Crippen LogP contribution in [0, 0.1) is 5.92 Å². The minimum absolute atomic E-state index is 0.245. The third-order valence-electron chi connectivity index (χ3n) is 5.30. The quantitative estimate of drug-likeness (QED) is 0.423. The SMILES string of the molecule is CCCC(CCO)CNC(=NCc1ccc(N2CCCCCC2)nc1)NCC. The molecule has 1 saturated heterocycles. The Labute approximate surface area is 170 Å². The molecule has 1 unspecified atom stereocenters. The van der Waals surface area contributed by atoms with Gasteiger partial charge in [-0.15, -0.1) is 0 Å². The Balaban J connectivity index is 1.90. The van der Waals surface area contributed by atoms with E-state index in [2.05, 4.69) is 46.5 Å². The van der Waals surface area contributed by atoms with E-state index < -0.39 is 0 Å². The first-order valence-corrected chi connectivity index (χ1v) is 11.1. The van der Waals surface area contributed by atoms with Gasteiger partial charge in [0, 0.05) is 39.0 Å². The van der Waals surface area contributed by atoms with Gasteiger partial charge in [-0.05, 0) is 50.2 Å². The average Bonchev–Trinajstić information content (AvgIpc) is 3.00. The molecule has 0 aromatic carbocycles. The molecule has 0 saturated carbocycles. The van der Waals surface area contributed by atoms with Crippen LogP contribution in [0.15, 0.2) is 23.3 Å². The largest absolute Gasteiger partial charge is 0.396 e. The van der Waals surface area contributed by atoms with E-state index in [1.807, 2.05) is 6.20 Å². The maximum absolute atomic E-state index is 9.23. The highest BCUT2D eigenvalue weighted by Crippen LogP contribution is 2.17. The number of guanidine groups is 1. The third kappa shape index (κ3) is 8.05. The van der Waals surface area contributed by atoms with Crippen LogP contribution in [0.4, 0.5) is 5.82 Å². The van der Waals surface area contributed by atoms with E-state index in [-0.39, 0.29) is 6.61 Å². The zero-order valence-corrected chi connectivity index (χ0v) is 17.8. The monoisotopic (exact) mass is 389 g/mol. The molecule has 28 heavy (non-hydrogen) atoms. The number of aromatic nitrogens is 1. The van der Waals surface area contributed by atoms with Gasteiger partial charge in [-0.25, -0.2) is 9.98 Å². The Morgan fingerprint density at radius 2 is 1.93 bits per heavy atom. The fraction of sp³-hybridized carbons (Fsp3) is 0.727. The zero-order chi connectivity index (χ0) is 20.0. The third-order valence-corrected chi connectivity index (χ3v) is 5.30. The van der Waals surface area contributed by atoms with Gasteiger partial charge in [0.15, 0.2) is 5.96 Å². The van der Waals surface area contributed by atoms with E-state index in [4.69, 9.17) is 4.99 Å². The number of pyridine rings is 1. The zero-order valence-electron chi connectivity index (χ0n) is 17.8. The topological polar surface area (TPSA) is 72.8 Å². The molecule has 158 valence electrons. The summed E-state index contributed by atoms with van der Waals surface area (Å²) >= 11 is 0. The van der Waals surface area contributed by atoms with Gasteiger partial charge < -0.3 is 20.6 Å². The van der Waals surface area contributed by atoms with Crippen LogP contribution in [0.5, 0.6) is 0 Å². The van der Waals surface area contributed by atoms with Crippen LogP contribution in [0.25, 0.3) is 0 Å². The maximum atomic E-state index is 9.23. The normalized spacial score (nSPS) is 16.5. The first-order valence-electron chi connectivity index (χ1n) is 11.1. The molecule has 0 aliphatic carbocycles. The fourth-order valence-electron chi connectivity index (χ4n) is 3.69. The lowest BCUT2D eigenvalue weighted by Gasteiger charge is -2.21. The van der Waals surface area contributed by atoms with Crippen LogP contribution in [0.1, 0.15) is 64.4 Å². The van der Waals surface area contributed by atoms with E-state index in [0.29, 0.717) is 12.5 Å². The van der Waals surface area contributed by atoms with Crippen molar-refractivity contribution in [3.8, 4) is 0 Å². The summed E-state index contributed by atoms with van der Waals surface area (Å²) in [6.07, 6.45) is 10.2. The van der Waals surface area contributed by atoms with Crippen molar-refractivity contribution in [1.82, 2.24) is 15.6 Å². The van der Waals surface area contributed by atoms with Crippen molar-refractivity contribution >= 4 is 11.8 Å². The van der Waals surface area contributed by atoms with Crippen LogP contribution in [0.3, 0.4) is 0 Å². The van der Waals surface area contributed by atoms with Crippen molar-refractivity contribution in [3.05, 3.63) is 23.9 Å². The van der Waals surface area contributed by atoms with Gasteiger partial charge in [0.1, 0.15) is 5.82 Å². The molecule has 1 aliphatic rings. The standard InChI is InChI=1S/C22H39N5O/c1-3-9-19(12-15-28)16-25-22(23-4-2)26-18-20-10-11-21(24-17-20)27-13-7-5-6-8-14-27/h10-11,17,19,28H,3-9,12-16,18H2,1-2H3,(H2,23,25,26). The second-order valence-electron chi connectivity index (χ2n) is 7.67. The Hall–Kier alpha value is -1.82. The maximum Gasteiger partial charge on any atom is 0.191 e. The second-order valence-corrected chi connectivity index (χ2v) is 7.67. The van der Waals surface area contributed by atoms with Crippen molar-refractivity contribution < 1.29 is 5.11 Å². The number of nitrogens with zero attached hydrogens (tertiary/aromatic N) is 3. The van der Waals surface area contributed by atoms with E-state index in [0.717, 1.165) is 62.8 Å².